The Bertz CT molecular complexity index is 555. The third kappa shape index (κ3) is 2.90. The van der Waals surface area contributed by atoms with E-state index in [-0.39, 0.29) is 0 Å². The summed E-state index contributed by atoms with van der Waals surface area (Å²) in [5.41, 5.74) is 3.03. The second-order valence-corrected chi connectivity index (χ2v) is 5.59. The van der Waals surface area contributed by atoms with Crippen LogP contribution >= 0.6 is 27.5 Å². The largest absolute Gasteiger partial charge is 0.236 e. The van der Waals surface area contributed by atoms with Crippen LogP contribution in [-0.2, 0) is 5.88 Å². The summed E-state index contributed by atoms with van der Waals surface area (Å²) in [6, 6.07) is 7.98. The maximum absolute atomic E-state index is 5.91. The molecule has 0 radical (unpaired) electrons. The van der Waals surface area contributed by atoms with Crippen molar-refractivity contribution in [2.24, 2.45) is 0 Å². The van der Waals surface area contributed by atoms with Crippen LogP contribution in [0.2, 0.25) is 0 Å². The molecule has 94 valence electrons. The Balaban J connectivity index is 2.50. The highest BCUT2D eigenvalue weighted by atomic mass is 79.9. The normalized spacial score (nSPS) is 10.9. The van der Waals surface area contributed by atoms with Crippen molar-refractivity contribution < 1.29 is 0 Å². The lowest BCUT2D eigenvalue weighted by atomic mass is 10.1. The molecule has 4 heteroatoms. The van der Waals surface area contributed by atoms with Gasteiger partial charge in [0.05, 0.1) is 11.6 Å². The van der Waals surface area contributed by atoms with Gasteiger partial charge >= 0.3 is 0 Å². The molecule has 0 spiro atoms. The van der Waals surface area contributed by atoms with E-state index in [0.29, 0.717) is 11.8 Å². The molecule has 1 aromatic heterocycles. The fourth-order valence-electron chi connectivity index (χ4n) is 1.79. The second-order valence-electron chi connectivity index (χ2n) is 4.40. The van der Waals surface area contributed by atoms with Crippen LogP contribution in [0, 0.1) is 0 Å². The zero-order valence-electron chi connectivity index (χ0n) is 10.3. The Hall–Kier alpha value is -0.930. The van der Waals surface area contributed by atoms with Gasteiger partial charge in [-0.05, 0) is 18.1 Å². The molecule has 0 atom stereocenters. The minimum atomic E-state index is 0.340. The van der Waals surface area contributed by atoms with Crippen molar-refractivity contribution in [3.63, 3.8) is 0 Å². The Morgan fingerprint density at radius 1 is 1.33 bits per heavy atom. The molecule has 0 saturated heterocycles. The molecule has 0 aliphatic carbocycles. The van der Waals surface area contributed by atoms with E-state index >= 15 is 0 Å². The lowest BCUT2D eigenvalue weighted by Crippen LogP contribution is -2.02. The van der Waals surface area contributed by atoms with Crippen molar-refractivity contribution in [2.75, 3.05) is 0 Å². The molecule has 2 aromatic rings. The van der Waals surface area contributed by atoms with Crippen molar-refractivity contribution in [1.29, 1.82) is 0 Å². The first-order chi connectivity index (χ1) is 8.61. The molecule has 0 aliphatic rings. The van der Waals surface area contributed by atoms with Crippen molar-refractivity contribution in [1.82, 2.24) is 9.97 Å². The van der Waals surface area contributed by atoms with Crippen molar-refractivity contribution in [3.05, 3.63) is 46.2 Å². The molecule has 0 saturated carbocycles. The average molecular weight is 326 g/mol. The molecule has 0 fully saturated rings. The Morgan fingerprint density at radius 2 is 2.11 bits per heavy atom. The van der Waals surface area contributed by atoms with Crippen LogP contribution in [0.15, 0.2) is 34.9 Å². The lowest BCUT2D eigenvalue weighted by molar-refractivity contribution is 0.801. The summed E-state index contributed by atoms with van der Waals surface area (Å²) >= 11 is 9.37. The van der Waals surface area contributed by atoms with E-state index in [2.05, 4.69) is 39.7 Å². The SMILES string of the molecule is CC(C)c1nc(-c2cccc(Br)c2)ncc1CCl. The quantitative estimate of drug-likeness (QED) is 0.760. The summed E-state index contributed by atoms with van der Waals surface area (Å²) in [4.78, 5) is 9.03. The molecular weight excluding hydrogens is 312 g/mol. The molecule has 2 rings (SSSR count). The van der Waals surface area contributed by atoms with E-state index in [0.717, 1.165) is 27.1 Å². The first kappa shape index (κ1) is 13.5. The van der Waals surface area contributed by atoms with Gasteiger partial charge in [0.15, 0.2) is 5.82 Å². The molecule has 0 N–H and O–H groups in total. The fourth-order valence-corrected chi connectivity index (χ4v) is 2.39. The lowest BCUT2D eigenvalue weighted by Gasteiger charge is -2.11. The van der Waals surface area contributed by atoms with Crippen LogP contribution in [0.1, 0.15) is 31.0 Å². The van der Waals surface area contributed by atoms with E-state index in [4.69, 9.17) is 11.6 Å². The van der Waals surface area contributed by atoms with E-state index < -0.39 is 0 Å². The first-order valence-electron chi connectivity index (χ1n) is 5.79. The molecule has 1 heterocycles. The van der Waals surface area contributed by atoms with Gasteiger partial charge in [-0.25, -0.2) is 9.97 Å². The highest BCUT2D eigenvalue weighted by Crippen LogP contribution is 2.24. The summed E-state index contributed by atoms with van der Waals surface area (Å²) < 4.78 is 1.02. The minimum absolute atomic E-state index is 0.340. The first-order valence-corrected chi connectivity index (χ1v) is 7.12. The van der Waals surface area contributed by atoms with Crippen LogP contribution < -0.4 is 0 Å². The van der Waals surface area contributed by atoms with Crippen LogP contribution in [0.25, 0.3) is 11.4 Å². The van der Waals surface area contributed by atoms with Gasteiger partial charge < -0.3 is 0 Å². The second kappa shape index (κ2) is 5.81. The molecular formula is C14H14BrClN2. The summed E-state index contributed by atoms with van der Waals surface area (Å²) in [6.45, 7) is 4.23. The van der Waals surface area contributed by atoms with Crippen LogP contribution in [-0.4, -0.2) is 9.97 Å². The zero-order chi connectivity index (χ0) is 13.1. The summed E-state index contributed by atoms with van der Waals surface area (Å²) in [7, 11) is 0. The standard InChI is InChI=1S/C14H14BrClN2/c1-9(2)13-11(7-16)8-17-14(18-13)10-4-3-5-12(15)6-10/h3-6,8-9H,7H2,1-2H3. The number of hydrogen-bond acceptors (Lipinski definition) is 2. The monoisotopic (exact) mass is 324 g/mol. The average Bonchev–Trinajstić information content (AvgIpc) is 2.38. The summed E-state index contributed by atoms with van der Waals surface area (Å²) in [6.07, 6.45) is 1.82. The maximum Gasteiger partial charge on any atom is 0.159 e. The highest BCUT2D eigenvalue weighted by molar-refractivity contribution is 9.10. The molecule has 2 nitrogen and oxygen atoms in total. The van der Waals surface area contributed by atoms with Gasteiger partial charge in [-0.3, -0.25) is 0 Å². The third-order valence-electron chi connectivity index (χ3n) is 2.67. The third-order valence-corrected chi connectivity index (χ3v) is 3.45. The maximum atomic E-state index is 5.91. The van der Waals surface area contributed by atoms with Gasteiger partial charge in [0.1, 0.15) is 0 Å². The molecule has 0 amide bonds. The van der Waals surface area contributed by atoms with Crippen molar-refractivity contribution in [3.8, 4) is 11.4 Å². The number of halogens is 2. The van der Waals surface area contributed by atoms with Gasteiger partial charge in [-0.1, -0.05) is 41.9 Å². The molecule has 1 aromatic carbocycles. The van der Waals surface area contributed by atoms with Crippen LogP contribution in [0.4, 0.5) is 0 Å². The Labute approximate surface area is 121 Å². The number of nitrogens with zero attached hydrogens (tertiary/aromatic N) is 2. The predicted molar refractivity (Wildman–Crippen MR) is 78.8 cm³/mol. The number of benzene rings is 1. The van der Waals surface area contributed by atoms with E-state index in [1.54, 1.807) is 0 Å². The Kier molecular flexibility index (Phi) is 4.36. The fraction of sp³-hybridized carbons (Fsp3) is 0.286. The van der Waals surface area contributed by atoms with Gasteiger partial charge in [0, 0.05) is 21.8 Å². The number of hydrogen-bond donors (Lipinski definition) is 0. The van der Waals surface area contributed by atoms with Gasteiger partial charge in [-0.2, -0.15) is 0 Å². The van der Waals surface area contributed by atoms with E-state index in [1.165, 1.54) is 0 Å². The molecule has 0 aliphatic heterocycles. The van der Waals surface area contributed by atoms with Crippen LogP contribution in [0.5, 0.6) is 0 Å². The molecule has 0 bridgehead atoms. The number of alkyl halides is 1. The highest BCUT2D eigenvalue weighted by Gasteiger charge is 2.11. The summed E-state index contributed by atoms with van der Waals surface area (Å²) in [5, 5.41) is 0. The van der Waals surface area contributed by atoms with E-state index in [9.17, 15) is 0 Å². The predicted octanol–water partition coefficient (Wildman–Crippen LogP) is 4.77. The zero-order valence-corrected chi connectivity index (χ0v) is 12.7. The molecule has 0 unspecified atom stereocenters. The minimum Gasteiger partial charge on any atom is -0.236 e. The molecule has 18 heavy (non-hydrogen) atoms. The Morgan fingerprint density at radius 3 is 2.72 bits per heavy atom. The topological polar surface area (TPSA) is 25.8 Å². The number of rotatable bonds is 3. The van der Waals surface area contributed by atoms with Crippen molar-refractivity contribution in [2.45, 2.75) is 25.6 Å². The summed E-state index contributed by atoms with van der Waals surface area (Å²) in [5.74, 6) is 1.54. The van der Waals surface area contributed by atoms with Gasteiger partial charge in [-0.15, -0.1) is 11.6 Å². The van der Waals surface area contributed by atoms with E-state index in [1.807, 2.05) is 30.5 Å². The van der Waals surface area contributed by atoms with Gasteiger partial charge in [0.2, 0.25) is 0 Å². The van der Waals surface area contributed by atoms with Crippen LogP contribution in [0.3, 0.4) is 0 Å². The number of aromatic nitrogens is 2. The van der Waals surface area contributed by atoms with Crippen molar-refractivity contribution >= 4 is 27.5 Å². The smallest absolute Gasteiger partial charge is 0.159 e. The van der Waals surface area contributed by atoms with Gasteiger partial charge in [0.25, 0.3) is 0 Å².